The van der Waals surface area contributed by atoms with Gasteiger partial charge >= 0.3 is 0 Å². The Morgan fingerprint density at radius 3 is 2.28 bits per heavy atom. The summed E-state index contributed by atoms with van der Waals surface area (Å²) >= 11 is 0. The zero-order valence-electron chi connectivity index (χ0n) is 19.5. The van der Waals surface area contributed by atoms with Gasteiger partial charge in [0.1, 0.15) is 0 Å². The Balaban J connectivity index is 1.43. The second-order valence-electron chi connectivity index (χ2n) is 9.33. The minimum absolute atomic E-state index is 0.804. The van der Waals surface area contributed by atoms with E-state index >= 15 is 0 Å². The van der Waals surface area contributed by atoms with Crippen molar-refractivity contribution in [1.29, 1.82) is 0 Å². The molecule has 29 heavy (non-hydrogen) atoms. The second-order valence-corrected chi connectivity index (χ2v) is 9.33. The number of guanidine groups is 1. The molecule has 0 unspecified atom stereocenters. The normalized spacial score (nSPS) is 24.4. The van der Waals surface area contributed by atoms with Gasteiger partial charge in [-0.2, -0.15) is 5.10 Å². The third kappa shape index (κ3) is 5.33. The fraction of sp³-hybridized carbons (Fsp3) is 0.826. The van der Waals surface area contributed by atoms with Crippen molar-refractivity contribution in [3.63, 3.8) is 0 Å². The SMILES string of the molecule is CN=C(NCCc1c(C)nn(C)c1C)N1CCN(C2CCC(C(C)C)CC2)CC1. The third-order valence-electron chi connectivity index (χ3n) is 7.34. The number of aliphatic imine (C=N–C) groups is 1. The van der Waals surface area contributed by atoms with Crippen molar-refractivity contribution in [3.05, 3.63) is 17.0 Å². The van der Waals surface area contributed by atoms with E-state index in [1.807, 2.05) is 18.8 Å². The van der Waals surface area contributed by atoms with Gasteiger partial charge in [0, 0.05) is 58.6 Å². The van der Waals surface area contributed by atoms with Gasteiger partial charge in [0.25, 0.3) is 0 Å². The minimum atomic E-state index is 0.804. The van der Waals surface area contributed by atoms with Crippen molar-refractivity contribution in [2.75, 3.05) is 39.8 Å². The molecular formula is C23H42N6. The van der Waals surface area contributed by atoms with Gasteiger partial charge in [-0.15, -0.1) is 0 Å². The Bertz CT molecular complexity index is 676. The van der Waals surface area contributed by atoms with Gasteiger partial charge in [0.2, 0.25) is 0 Å². The number of rotatable bonds is 5. The Morgan fingerprint density at radius 2 is 1.76 bits per heavy atom. The van der Waals surface area contributed by atoms with Crippen LogP contribution in [0.1, 0.15) is 56.5 Å². The molecule has 0 aromatic carbocycles. The minimum Gasteiger partial charge on any atom is -0.356 e. The zero-order chi connectivity index (χ0) is 21.0. The molecule has 1 aromatic rings. The van der Waals surface area contributed by atoms with Crippen LogP contribution in [-0.2, 0) is 13.5 Å². The highest BCUT2D eigenvalue weighted by Crippen LogP contribution is 2.32. The van der Waals surface area contributed by atoms with E-state index in [1.165, 1.54) is 50.0 Å². The van der Waals surface area contributed by atoms with Crippen LogP contribution < -0.4 is 5.32 Å². The molecule has 0 spiro atoms. The van der Waals surface area contributed by atoms with Crippen molar-refractivity contribution in [1.82, 2.24) is 24.9 Å². The van der Waals surface area contributed by atoms with Crippen molar-refractivity contribution < 1.29 is 0 Å². The van der Waals surface area contributed by atoms with Crippen LogP contribution in [0.4, 0.5) is 0 Å². The summed E-state index contributed by atoms with van der Waals surface area (Å²) < 4.78 is 1.98. The molecule has 1 aliphatic heterocycles. The number of aryl methyl sites for hydroxylation is 2. The number of piperazine rings is 1. The number of nitrogens with one attached hydrogen (secondary N) is 1. The predicted octanol–water partition coefficient (Wildman–Crippen LogP) is 2.99. The van der Waals surface area contributed by atoms with Crippen LogP contribution in [-0.4, -0.2) is 71.4 Å². The smallest absolute Gasteiger partial charge is 0.193 e. The fourth-order valence-electron chi connectivity index (χ4n) is 5.24. The van der Waals surface area contributed by atoms with E-state index in [1.54, 1.807) is 0 Å². The first-order valence-corrected chi connectivity index (χ1v) is 11.6. The Labute approximate surface area is 177 Å². The first-order valence-electron chi connectivity index (χ1n) is 11.6. The van der Waals surface area contributed by atoms with Crippen molar-refractivity contribution in [3.8, 4) is 0 Å². The van der Waals surface area contributed by atoms with Crippen molar-refractivity contribution >= 4 is 5.96 Å². The summed E-state index contributed by atoms with van der Waals surface area (Å²) in [6.45, 7) is 14.4. The molecule has 0 bridgehead atoms. The number of aromatic nitrogens is 2. The van der Waals surface area contributed by atoms with Crippen LogP contribution >= 0.6 is 0 Å². The maximum Gasteiger partial charge on any atom is 0.193 e. The molecule has 2 heterocycles. The van der Waals surface area contributed by atoms with E-state index in [2.05, 4.69) is 52.9 Å². The quantitative estimate of drug-likeness (QED) is 0.608. The first kappa shape index (κ1) is 22.1. The summed E-state index contributed by atoms with van der Waals surface area (Å²) in [6, 6.07) is 0.804. The standard InChI is InChI=1S/C23H42N6/c1-17(2)20-7-9-21(10-8-20)28-13-15-29(16-14-28)23(24-5)25-12-11-22-18(3)26-27(6)19(22)4/h17,20-21H,7-16H2,1-6H3,(H,24,25). The lowest BCUT2D eigenvalue weighted by atomic mass is 9.79. The molecule has 6 heteroatoms. The predicted molar refractivity (Wildman–Crippen MR) is 121 cm³/mol. The van der Waals surface area contributed by atoms with Crippen LogP contribution in [0.15, 0.2) is 4.99 Å². The molecule has 164 valence electrons. The van der Waals surface area contributed by atoms with Crippen LogP contribution in [0.5, 0.6) is 0 Å². The highest BCUT2D eigenvalue weighted by molar-refractivity contribution is 5.80. The third-order valence-corrected chi connectivity index (χ3v) is 7.34. The van der Waals surface area contributed by atoms with E-state index in [4.69, 9.17) is 0 Å². The summed E-state index contributed by atoms with van der Waals surface area (Å²) in [4.78, 5) is 9.72. The number of hydrogen-bond acceptors (Lipinski definition) is 3. The molecule has 2 aliphatic rings. The van der Waals surface area contributed by atoms with Gasteiger partial charge in [-0.25, -0.2) is 0 Å². The Morgan fingerprint density at radius 1 is 1.10 bits per heavy atom. The fourth-order valence-corrected chi connectivity index (χ4v) is 5.24. The van der Waals surface area contributed by atoms with E-state index in [0.29, 0.717) is 0 Å². The van der Waals surface area contributed by atoms with Gasteiger partial charge in [-0.05, 0) is 63.4 Å². The summed E-state index contributed by atoms with van der Waals surface area (Å²) in [6.07, 6.45) is 6.60. The molecule has 1 saturated carbocycles. The average Bonchev–Trinajstić information content (AvgIpc) is 2.97. The molecule has 1 N–H and O–H groups in total. The molecule has 0 amide bonds. The van der Waals surface area contributed by atoms with Gasteiger partial charge in [-0.3, -0.25) is 14.6 Å². The molecule has 3 rings (SSSR count). The largest absolute Gasteiger partial charge is 0.356 e. The highest BCUT2D eigenvalue weighted by atomic mass is 15.3. The van der Waals surface area contributed by atoms with Gasteiger partial charge in [0.15, 0.2) is 5.96 Å². The van der Waals surface area contributed by atoms with Gasteiger partial charge in [0.05, 0.1) is 5.69 Å². The molecule has 6 nitrogen and oxygen atoms in total. The Kier molecular flexibility index (Phi) is 7.60. The van der Waals surface area contributed by atoms with Crippen molar-refractivity contribution in [2.24, 2.45) is 23.9 Å². The maximum absolute atomic E-state index is 4.55. The summed E-state index contributed by atoms with van der Waals surface area (Å²) in [7, 11) is 3.93. The molecule has 0 radical (unpaired) electrons. The molecule has 1 aliphatic carbocycles. The molecule has 0 atom stereocenters. The second kappa shape index (κ2) is 9.96. The van der Waals surface area contributed by atoms with Crippen LogP contribution in [0.2, 0.25) is 0 Å². The molecule has 1 saturated heterocycles. The summed E-state index contributed by atoms with van der Waals surface area (Å²) in [5.41, 5.74) is 3.76. The van der Waals surface area contributed by atoms with Gasteiger partial charge in [-0.1, -0.05) is 13.8 Å². The van der Waals surface area contributed by atoms with Crippen LogP contribution in [0.3, 0.4) is 0 Å². The van der Waals surface area contributed by atoms with E-state index < -0.39 is 0 Å². The monoisotopic (exact) mass is 402 g/mol. The average molecular weight is 403 g/mol. The number of nitrogens with zero attached hydrogens (tertiary/aromatic N) is 5. The van der Waals surface area contributed by atoms with E-state index in [0.717, 1.165) is 55.6 Å². The van der Waals surface area contributed by atoms with Crippen LogP contribution in [0, 0.1) is 25.7 Å². The molecular weight excluding hydrogens is 360 g/mol. The van der Waals surface area contributed by atoms with Crippen molar-refractivity contribution in [2.45, 2.75) is 65.8 Å². The summed E-state index contributed by atoms with van der Waals surface area (Å²) in [5.74, 6) is 2.84. The topological polar surface area (TPSA) is 48.7 Å². The van der Waals surface area contributed by atoms with E-state index in [-0.39, 0.29) is 0 Å². The van der Waals surface area contributed by atoms with E-state index in [9.17, 15) is 0 Å². The lowest BCUT2D eigenvalue weighted by molar-refractivity contribution is 0.0864. The number of hydrogen-bond donors (Lipinski definition) is 1. The molecule has 1 aromatic heterocycles. The van der Waals surface area contributed by atoms with Crippen LogP contribution in [0.25, 0.3) is 0 Å². The Hall–Kier alpha value is -1.56. The highest BCUT2D eigenvalue weighted by Gasteiger charge is 2.29. The first-order chi connectivity index (χ1) is 13.9. The summed E-state index contributed by atoms with van der Waals surface area (Å²) in [5, 5.41) is 8.11. The lowest BCUT2D eigenvalue weighted by Gasteiger charge is -2.43. The zero-order valence-corrected chi connectivity index (χ0v) is 19.5. The molecule has 2 fully saturated rings. The lowest BCUT2D eigenvalue weighted by Crippen LogP contribution is -2.55. The van der Waals surface area contributed by atoms with Gasteiger partial charge < -0.3 is 10.2 Å². The maximum atomic E-state index is 4.55.